The molecular weight excluding hydrogens is 454 g/mol. The second-order valence-corrected chi connectivity index (χ2v) is 9.40. The number of para-hydroxylation sites is 1. The van der Waals surface area contributed by atoms with Crippen LogP contribution >= 0.6 is 0 Å². The molecule has 0 saturated carbocycles. The van der Waals surface area contributed by atoms with Gasteiger partial charge in [0, 0.05) is 23.5 Å². The Kier molecular flexibility index (Phi) is 7.80. The van der Waals surface area contributed by atoms with E-state index in [-0.39, 0.29) is 6.61 Å². The van der Waals surface area contributed by atoms with Crippen LogP contribution in [0.25, 0.3) is 10.9 Å². The van der Waals surface area contributed by atoms with Crippen LogP contribution in [0.5, 0.6) is 0 Å². The minimum absolute atomic E-state index is 0.195. The molecule has 3 N–H and O–H groups in total. The van der Waals surface area contributed by atoms with Gasteiger partial charge in [-0.05, 0) is 35.6 Å². The summed E-state index contributed by atoms with van der Waals surface area (Å²) in [5.41, 5.74) is 3.14. The van der Waals surface area contributed by atoms with Gasteiger partial charge in [-0.3, -0.25) is 0 Å². The van der Waals surface area contributed by atoms with E-state index in [1.54, 1.807) is 0 Å². The van der Waals surface area contributed by atoms with E-state index in [4.69, 9.17) is 14.2 Å². The molecule has 5 rings (SSSR count). The van der Waals surface area contributed by atoms with Crippen LogP contribution in [-0.2, 0) is 33.8 Å². The van der Waals surface area contributed by atoms with E-state index in [1.165, 1.54) is 0 Å². The number of ether oxygens (including phenoxy) is 3. The lowest BCUT2D eigenvalue weighted by Crippen LogP contribution is -2.62. The van der Waals surface area contributed by atoms with Gasteiger partial charge in [-0.2, -0.15) is 0 Å². The zero-order valence-corrected chi connectivity index (χ0v) is 20.3. The molecular formula is C30H33NO5. The van der Waals surface area contributed by atoms with Crippen LogP contribution < -0.4 is 0 Å². The fourth-order valence-electron chi connectivity index (χ4n) is 5.03. The summed E-state index contributed by atoms with van der Waals surface area (Å²) in [6, 6.07) is 28.0. The first-order chi connectivity index (χ1) is 17.7. The number of aliphatic hydroxyl groups is 2. The Labute approximate surface area is 211 Å². The van der Waals surface area contributed by atoms with Crippen molar-refractivity contribution >= 4 is 10.9 Å². The number of aromatic amines is 1. The largest absolute Gasteiger partial charge is 0.394 e. The summed E-state index contributed by atoms with van der Waals surface area (Å²) in [5.74, 6) is 0. The summed E-state index contributed by atoms with van der Waals surface area (Å²) in [5, 5.41) is 22.4. The van der Waals surface area contributed by atoms with Crippen LogP contribution in [0.4, 0.5) is 0 Å². The average Bonchev–Trinajstić information content (AvgIpc) is 3.35. The van der Waals surface area contributed by atoms with Crippen LogP contribution in [-0.4, -0.2) is 45.9 Å². The van der Waals surface area contributed by atoms with Gasteiger partial charge >= 0.3 is 0 Å². The zero-order chi connectivity index (χ0) is 24.8. The second-order valence-electron chi connectivity index (χ2n) is 9.40. The van der Waals surface area contributed by atoms with E-state index in [9.17, 15) is 10.2 Å². The number of nitrogens with one attached hydrogen (secondary N) is 1. The van der Waals surface area contributed by atoms with E-state index < -0.39 is 24.1 Å². The highest BCUT2D eigenvalue weighted by atomic mass is 16.7. The van der Waals surface area contributed by atoms with E-state index in [2.05, 4.69) is 17.1 Å². The number of benzene rings is 3. The molecule has 1 fully saturated rings. The molecule has 0 bridgehead atoms. The first-order valence-electron chi connectivity index (χ1n) is 12.5. The fourth-order valence-corrected chi connectivity index (χ4v) is 5.03. The highest BCUT2D eigenvalue weighted by Crippen LogP contribution is 2.39. The predicted octanol–water partition coefficient (Wildman–Crippen LogP) is 4.74. The minimum atomic E-state index is -1.25. The van der Waals surface area contributed by atoms with Gasteiger partial charge in [-0.1, -0.05) is 78.9 Å². The third-order valence-electron chi connectivity index (χ3n) is 7.07. The first-order valence-corrected chi connectivity index (χ1v) is 12.5. The second kappa shape index (κ2) is 11.4. The molecule has 188 valence electrons. The van der Waals surface area contributed by atoms with Gasteiger partial charge in [-0.15, -0.1) is 0 Å². The molecule has 4 aromatic rings. The van der Waals surface area contributed by atoms with Gasteiger partial charge in [0.05, 0.1) is 32.0 Å². The van der Waals surface area contributed by atoms with Crippen LogP contribution in [0, 0.1) is 0 Å². The molecule has 2 heterocycles. The summed E-state index contributed by atoms with van der Waals surface area (Å²) in [7, 11) is 0. The van der Waals surface area contributed by atoms with E-state index >= 15 is 0 Å². The molecule has 0 radical (unpaired) electrons. The van der Waals surface area contributed by atoms with Crippen molar-refractivity contribution in [1.82, 2.24) is 4.98 Å². The molecule has 36 heavy (non-hydrogen) atoms. The number of fused-ring (bicyclic) bond motifs is 1. The summed E-state index contributed by atoms with van der Waals surface area (Å²) in [6.07, 6.45) is 1.33. The Morgan fingerprint density at radius 3 is 2.28 bits per heavy atom. The Morgan fingerprint density at radius 2 is 1.56 bits per heavy atom. The normalized spacial score (nSPS) is 24.2. The zero-order valence-electron chi connectivity index (χ0n) is 20.3. The summed E-state index contributed by atoms with van der Waals surface area (Å²) >= 11 is 0. The van der Waals surface area contributed by atoms with Crippen LogP contribution in [0.3, 0.4) is 0 Å². The molecule has 6 nitrogen and oxygen atoms in total. The lowest BCUT2D eigenvalue weighted by atomic mass is 9.83. The van der Waals surface area contributed by atoms with Gasteiger partial charge in [-0.25, -0.2) is 0 Å². The average molecular weight is 488 g/mol. The Bertz CT molecular complexity index is 1230. The number of aliphatic hydroxyl groups excluding tert-OH is 2. The SMILES string of the molecule is OC[C@@H]1C[C@H](OCc2ccccc2)[C@@](CCc2c[nH]c3ccccc23)(OCc2ccccc2)[C@H](O)O1. The Balaban J connectivity index is 1.44. The van der Waals surface area contributed by atoms with Crippen molar-refractivity contribution in [2.75, 3.05) is 6.61 Å². The van der Waals surface area contributed by atoms with Crippen molar-refractivity contribution in [3.8, 4) is 0 Å². The van der Waals surface area contributed by atoms with Crippen molar-refractivity contribution in [2.45, 2.75) is 56.6 Å². The fraction of sp³-hybridized carbons (Fsp3) is 0.333. The Hall–Kier alpha value is -3.00. The van der Waals surface area contributed by atoms with Gasteiger partial charge < -0.3 is 29.4 Å². The summed E-state index contributed by atoms with van der Waals surface area (Å²) in [4.78, 5) is 3.33. The number of H-pyrrole nitrogens is 1. The lowest BCUT2D eigenvalue weighted by molar-refractivity contribution is -0.327. The standard InChI is InChI=1S/C30H33NO5/c32-19-25-17-28(34-20-22-9-3-1-4-10-22)30(29(33)36-25,35-21-23-11-5-2-6-12-23)16-15-24-18-31-27-14-8-7-13-26(24)27/h1-14,18,25,28-29,31-33H,15-17,19-21H2/t25-,28-,29+,30+/m0/s1. The molecule has 1 saturated heterocycles. The van der Waals surface area contributed by atoms with E-state index in [1.807, 2.05) is 79.0 Å². The number of aromatic nitrogens is 1. The monoisotopic (exact) mass is 487 g/mol. The van der Waals surface area contributed by atoms with Crippen LogP contribution in [0.2, 0.25) is 0 Å². The smallest absolute Gasteiger partial charge is 0.187 e. The van der Waals surface area contributed by atoms with Crippen LogP contribution in [0.1, 0.15) is 29.5 Å². The number of rotatable bonds is 10. The molecule has 0 amide bonds. The maximum absolute atomic E-state index is 11.4. The number of hydrogen-bond acceptors (Lipinski definition) is 5. The molecule has 0 aliphatic carbocycles. The highest BCUT2D eigenvalue weighted by molar-refractivity contribution is 5.83. The molecule has 0 unspecified atom stereocenters. The van der Waals surface area contributed by atoms with Gasteiger partial charge in [0.2, 0.25) is 0 Å². The minimum Gasteiger partial charge on any atom is -0.394 e. The maximum Gasteiger partial charge on any atom is 0.187 e. The molecule has 6 heteroatoms. The topological polar surface area (TPSA) is 83.9 Å². The molecule has 1 aliphatic rings. The lowest BCUT2D eigenvalue weighted by Gasteiger charge is -2.48. The molecule has 4 atom stereocenters. The quantitative estimate of drug-likeness (QED) is 0.301. The molecule has 1 aromatic heterocycles. The summed E-state index contributed by atoms with van der Waals surface area (Å²) in [6.45, 7) is 0.490. The van der Waals surface area contributed by atoms with E-state index in [0.717, 1.165) is 27.6 Å². The molecule has 0 spiro atoms. The van der Waals surface area contributed by atoms with Gasteiger partial charge in [0.25, 0.3) is 0 Å². The highest BCUT2D eigenvalue weighted by Gasteiger charge is 2.52. The van der Waals surface area contributed by atoms with Gasteiger partial charge in [0.15, 0.2) is 6.29 Å². The van der Waals surface area contributed by atoms with E-state index in [0.29, 0.717) is 32.5 Å². The van der Waals surface area contributed by atoms with Crippen molar-refractivity contribution in [3.05, 3.63) is 108 Å². The van der Waals surface area contributed by atoms with Crippen LogP contribution in [0.15, 0.2) is 91.1 Å². The first kappa shape index (κ1) is 24.7. The number of hydrogen-bond donors (Lipinski definition) is 3. The molecule has 3 aromatic carbocycles. The van der Waals surface area contributed by atoms with Crippen molar-refractivity contribution in [2.24, 2.45) is 0 Å². The van der Waals surface area contributed by atoms with Crippen molar-refractivity contribution < 1.29 is 24.4 Å². The summed E-state index contributed by atoms with van der Waals surface area (Å²) < 4.78 is 18.9. The van der Waals surface area contributed by atoms with Crippen molar-refractivity contribution in [3.63, 3.8) is 0 Å². The van der Waals surface area contributed by atoms with Crippen molar-refractivity contribution in [1.29, 1.82) is 0 Å². The predicted molar refractivity (Wildman–Crippen MR) is 138 cm³/mol. The maximum atomic E-state index is 11.4. The van der Waals surface area contributed by atoms with Gasteiger partial charge in [0.1, 0.15) is 5.60 Å². The molecule has 1 aliphatic heterocycles. The Morgan fingerprint density at radius 1 is 0.889 bits per heavy atom. The third kappa shape index (κ3) is 5.38. The number of aryl methyl sites for hydroxylation is 1. The third-order valence-corrected chi connectivity index (χ3v) is 7.07.